The molecule has 0 aliphatic heterocycles. The van der Waals surface area contributed by atoms with Gasteiger partial charge in [-0.15, -0.1) is 0 Å². The Labute approximate surface area is 101 Å². The summed E-state index contributed by atoms with van der Waals surface area (Å²) in [4.78, 5) is 2.73. The highest BCUT2D eigenvalue weighted by Crippen LogP contribution is 2.40. The molecule has 0 spiro atoms. The van der Waals surface area contributed by atoms with Crippen LogP contribution in [0.25, 0.3) is 0 Å². The van der Waals surface area contributed by atoms with E-state index in [0.717, 1.165) is 6.04 Å². The van der Waals surface area contributed by atoms with Crippen molar-refractivity contribution in [1.82, 2.24) is 4.90 Å². The fourth-order valence-corrected chi connectivity index (χ4v) is 3.22. The molecule has 0 aromatic carbocycles. The monoisotopic (exact) mass is 224 g/mol. The standard InChI is InChI=1S/C14H28N2/c1-4-9-16(11-5-6-11)13-10-14(2,3)8-7-12(13)15/h11-13H,4-10,15H2,1-3H3. The molecule has 2 nitrogen and oxygen atoms in total. The summed E-state index contributed by atoms with van der Waals surface area (Å²) < 4.78 is 0. The molecule has 16 heavy (non-hydrogen) atoms. The lowest BCUT2D eigenvalue weighted by atomic mass is 9.72. The molecule has 94 valence electrons. The number of rotatable bonds is 4. The van der Waals surface area contributed by atoms with Gasteiger partial charge in [-0.25, -0.2) is 0 Å². The van der Waals surface area contributed by atoms with Gasteiger partial charge in [-0.3, -0.25) is 4.90 Å². The quantitative estimate of drug-likeness (QED) is 0.795. The van der Waals surface area contributed by atoms with E-state index in [9.17, 15) is 0 Å². The van der Waals surface area contributed by atoms with Gasteiger partial charge in [-0.05, 0) is 50.5 Å². The van der Waals surface area contributed by atoms with E-state index in [1.165, 1.54) is 45.1 Å². The van der Waals surface area contributed by atoms with Crippen molar-refractivity contribution in [2.75, 3.05) is 6.54 Å². The van der Waals surface area contributed by atoms with Crippen LogP contribution in [-0.4, -0.2) is 29.6 Å². The van der Waals surface area contributed by atoms with E-state index in [4.69, 9.17) is 5.73 Å². The predicted molar refractivity (Wildman–Crippen MR) is 69.4 cm³/mol. The number of hydrogen-bond donors (Lipinski definition) is 1. The second-order valence-corrected chi connectivity index (χ2v) is 6.61. The summed E-state index contributed by atoms with van der Waals surface area (Å²) in [6.07, 6.45) is 7.89. The zero-order valence-corrected chi connectivity index (χ0v) is 11.2. The van der Waals surface area contributed by atoms with Crippen LogP contribution in [0.15, 0.2) is 0 Å². The molecule has 2 rings (SSSR count). The summed E-state index contributed by atoms with van der Waals surface area (Å²) in [5, 5.41) is 0. The van der Waals surface area contributed by atoms with Crippen LogP contribution in [0.1, 0.15) is 59.3 Å². The molecule has 0 radical (unpaired) electrons. The van der Waals surface area contributed by atoms with Crippen molar-refractivity contribution in [3.05, 3.63) is 0 Å². The molecular formula is C14H28N2. The molecule has 2 saturated carbocycles. The van der Waals surface area contributed by atoms with Crippen molar-refractivity contribution in [3.8, 4) is 0 Å². The molecule has 2 heteroatoms. The Morgan fingerprint density at radius 1 is 1.25 bits per heavy atom. The van der Waals surface area contributed by atoms with Crippen molar-refractivity contribution < 1.29 is 0 Å². The topological polar surface area (TPSA) is 29.3 Å². The average Bonchev–Trinajstić information content (AvgIpc) is 3.02. The molecule has 2 aliphatic carbocycles. The van der Waals surface area contributed by atoms with Crippen molar-refractivity contribution in [2.45, 2.75) is 77.4 Å². The van der Waals surface area contributed by atoms with E-state index in [-0.39, 0.29) is 0 Å². The van der Waals surface area contributed by atoms with Crippen molar-refractivity contribution in [3.63, 3.8) is 0 Å². The van der Waals surface area contributed by atoms with Crippen LogP contribution in [-0.2, 0) is 0 Å². The van der Waals surface area contributed by atoms with Crippen LogP contribution in [0.3, 0.4) is 0 Å². The molecule has 2 N–H and O–H groups in total. The Morgan fingerprint density at radius 3 is 2.50 bits per heavy atom. The molecule has 2 aliphatic rings. The summed E-state index contributed by atoms with van der Waals surface area (Å²) in [6, 6.07) is 1.93. The number of hydrogen-bond acceptors (Lipinski definition) is 2. The first-order chi connectivity index (χ1) is 7.53. The molecule has 0 aromatic heterocycles. The third-order valence-electron chi connectivity index (χ3n) is 4.33. The van der Waals surface area contributed by atoms with E-state index in [2.05, 4.69) is 25.7 Å². The van der Waals surface area contributed by atoms with E-state index in [0.29, 0.717) is 17.5 Å². The summed E-state index contributed by atoms with van der Waals surface area (Å²) in [7, 11) is 0. The third-order valence-corrected chi connectivity index (χ3v) is 4.33. The zero-order valence-electron chi connectivity index (χ0n) is 11.2. The van der Waals surface area contributed by atoms with Gasteiger partial charge in [0.25, 0.3) is 0 Å². The second kappa shape index (κ2) is 4.66. The van der Waals surface area contributed by atoms with Gasteiger partial charge in [-0.1, -0.05) is 20.8 Å². The van der Waals surface area contributed by atoms with Crippen LogP contribution in [0.5, 0.6) is 0 Å². The minimum Gasteiger partial charge on any atom is -0.326 e. The summed E-state index contributed by atoms with van der Waals surface area (Å²) in [5.74, 6) is 0. The first-order valence-electron chi connectivity index (χ1n) is 7.05. The highest BCUT2D eigenvalue weighted by atomic mass is 15.2. The maximum atomic E-state index is 6.36. The first kappa shape index (κ1) is 12.4. The minimum absolute atomic E-state index is 0.417. The molecule has 0 aromatic rings. The van der Waals surface area contributed by atoms with Gasteiger partial charge in [-0.2, -0.15) is 0 Å². The Morgan fingerprint density at radius 2 is 1.94 bits per heavy atom. The van der Waals surface area contributed by atoms with Crippen LogP contribution < -0.4 is 5.73 Å². The molecule has 2 unspecified atom stereocenters. The molecule has 0 heterocycles. The van der Waals surface area contributed by atoms with Crippen LogP contribution >= 0.6 is 0 Å². The molecular weight excluding hydrogens is 196 g/mol. The third kappa shape index (κ3) is 2.78. The van der Waals surface area contributed by atoms with E-state index < -0.39 is 0 Å². The largest absolute Gasteiger partial charge is 0.326 e. The Kier molecular flexibility index (Phi) is 3.60. The van der Waals surface area contributed by atoms with Crippen LogP contribution in [0.2, 0.25) is 0 Å². The molecule has 0 saturated heterocycles. The molecule has 0 bridgehead atoms. The fourth-order valence-electron chi connectivity index (χ4n) is 3.22. The van der Waals surface area contributed by atoms with Crippen molar-refractivity contribution >= 4 is 0 Å². The minimum atomic E-state index is 0.417. The van der Waals surface area contributed by atoms with E-state index >= 15 is 0 Å². The highest BCUT2D eigenvalue weighted by molar-refractivity contribution is 4.97. The Bertz CT molecular complexity index is 233. The van der Waals surface area contributed by atoms with Crippen LogP contribution in [0.4, 0.5) is 0 Å². The SMILES string of the molecule is CCCN(C1CC1)C1CC(C)(C)CCC1N. The molecule has 0 amide bonds. The summed E-state index contributed by atoms with van der Waals surface area (Å²) >= 11 is 0. The predicted octanol–water partition coefficient (Wildman–Crippen LogP) is 2.77. The lowest BCUT2D eigenvalue weighted by Gasteiger charge is -2.45. The first-order valence-corrected chi connectivity index (χ1v) is 7.05. The van der Waals surface area contributed by atoms with Crippen molar-refractivity contribution in [2.24, 2.45) is 11.1 Å². The smallest absolute Gasteiger partial charge is 0.0255 e. The van der Waals surface area contributed by atoms with Gasteiger partial charge < -0.3 is 5.73 Å². The van der Waals surface area contributed by atoms with Gasteiger partial charge >= 0.3 is 0 Å². The molecule has 2 fully saturated rings. The zero-order chi connectivity index (χ0) is 11.8. The number of nitrogens with zero attached hydrogens (tertiary/aromatic N) is 1. The normalized spacial score (nSPS) is 34.3. The fraction of sp³-hybridized carbons (Fsp3) is 1.00. The summed E-state index contributed by atoms with van der Waals surface area (Å²) in [6.45, 7) is 8.35. The lowest BCUT2D eigenvalue weighted by molar-refractivity contribution is 0.0718. The second-order valence-electron chi connectivity index (χ2n) is 6.61. The van der Waals surface area contributed by atoms with Gasteiger partial charge in [0.15, 0.2) is 0 Å². The Balaban J connectivity index is 2.03. The average molecular weight is 224 g/mol. The van der Waals surface area contributed by atoms with Crippen molar-refractivity contribution in [1.29, 1.82) is 0 Å². The van der Waals surface area contributed by atoms with Gasteiger partial charge in [0.1, 0.15) is 0 Å². The maximum Gasteiger partial charge on any atom is 0.0255 e. The van der Waals surface area contributed by atoms with Gasteiger partial charge in [0.05, 0.1) is 0 Å². The highest BCUT2D eigenvalue weighted by Gasteiger charge is 2.41. The maximum absolute atomic E-state index is 6.36. The lowest BCUT2D eigenvalue weighted by Crippen LogP contribution is -2.53. The number of nitrogens with two attached hydrogens (primary N) is 1. The van der Waals surface area contributed by atoms with Gasteiger partial charge in [0, 0.05) is 18.1 Å². The van der Waals surface area contributed by atoms with Crippen LogP contribution in [0, 0.1) is 5.41 Å². The molecule has 2 atom stereocenters. The van der Waals surface area contributed by atoms with Gasteiger partial charge in [0.2, 0.25) is 0 Å². The van der Waals surface area contributed by atoms with E-state index in [1.807, 2.05) is 0 Å². The summed E-state index contributed by atoms with van der Waals surface area (Å²) in [5.41, 5.74) is 6.86. The van der Waals surface area contributed by atoms with E-state index in [1.54, 1.807) is 0 Å². The Hall–Kier alpha value is -0.0800.